The van der Waals surface area contributed by atoms with Crippen LogP contribution in [-0.2, 0) is 12.8 Å². The van der Waals surface area contributed by atoms with Crippen molar-refractivity contribution in [3.63, 3.8) is 0 Å². The van der Waals surface area contributed by atoms with Crippen molar-refractivity contribution in [1.82, 2.24) is 20.2 Å². The van der Waals surface area contributed by atoms with Gasteiger partial charge in [-0.3, -0.25) is 0 Å². The summed E-state index contributed by atoms with van der Waals surface area (Å²) in [4.78, 5) is 9.14. The van der Waals surface area contributed by atoms with E-state index in [1.807, 2.05) is 0 Å². The number of nitrogens with zero attached hydrogens (tertiary/aromatic N) is 4. The van der Waals surface area contributed by atoms with Crippen LogP contribution in [0.3, 0.4) is 0 Å². The molecule has 3 N–H and O–H groups in total. The third-order valence-corrected chi connectivity index (χ3v) is 3.65. The monoisotopic (exact) mass is 286 g/mol. The van der Waals surface area contributed by atoms with Crippen LogP contribution in [0.15, 0.2) is 12.1 Å². The van der Waals surface area contributed by atoms with Crippen LogP contribution in [0.5, 0.6) is 5.88 Å². The molecule has 2 aromatic rings. The molecule has 0 saturated heterocycles. The number of aromatic nitrogens is 4. The largest absolute Gasteiger partial charge is 0.480 e. The Labute approximate surface area is 122 Å². The minimum Gasteiger partial charge on any atom is -0.480 e. The number of nitrogens with two attached hydrogens (primary N) is 1. The molecule has 0 spiro atoms. The van der Waals surface area contributed by atoms with Crippen LogP contribution < -0.4 is 16.0 Å². The van der Waals surface area contributed by atoms with Crippen LogP contribution in [0.2, 0.25) is 0 Å². The van der Waals surface area contributed by atoms with E-state index in [0.29, 0.717) is 23.2 Å². The molecule has 0 aromatic carbocycles. The third kappa shape index (κ3) is 2.78. The Balaban J connectivity index is 2.04. The lowest BCUT2D eigenvalue weighted by molar-refractivity contribution is 0.392. The second-order valence-corrected chi connectivity index (χ2v) is 4.99. The summed E-state index contributed by atoms with van der Waals surface area (Å²) in [6.45, 7) is 0. The second kappa shape index (κ2) is 6.01. The molecule has 1 aliphatic carbocycles. The first-order chi connectivity index (χ1) is 10.3. The number of fused-ring (bicyclic) bond motifs is 1. The summed E-state index contributed by atoms with van der Waals surface area (Å²) in [5.74, 6) is 7.31. The van der Waals surface area contributed by atoms with Gasteiger partial charge in [0, 0.05) is 17.3 Å². The molecular weight excluding hydrogens is 268 g/mol. The lowest BCUT2D eigenvalue weighted by Crippen LogP contribution is -2.14. The molecule has 0 radical (unpaired) electrons. The minimum atomic E-state index is 0.464. The van der Waals surface area contributed by atoms with Gasteiger partial charge < -0.3 is 10.2 Å². The number of hydrogen-bond acceptors (Lipinski definition) is 7. The molecule has 0 saturated carbocycles. The summed E-state index contributed by atoms with van der Waals surface area (Å²) < 4.78 is 5.01. The van der Waals surface area contributed by atoms with Crippen LogP contribution >= 0.6 is 0 Å². The Morgan fingerprint density at radius 2 is 1.95 bits per heavy atom. The van der Waals surface area contributed by atoms with Crippen molar-refractivity contribution in [3.05, 3.63) is 23.4 Å². The fourth-order valence-electron chi connectivity index (χ4n) is 2.55. The van der Waals surface area contributed by atoms with Crippen LogP contribution in [0.25, 0.3) is 11.5 Å². The standard InChI is InChI=1S/C14H18N6O/c1-21-12-8-7-11(19-20-12)14-16-10-6-4-2-3-5-9(10)13(17-14)18-15/h7-8H,2-6,15H2,1H3,(H,16,17,18). The summed E-state index contributed by atoms with van der Waals surface area (Å²) in [7, 11) is 1.55. The molecule has 2 aromatic heterocycles. The highest BCUT2D eigenvalue weighted by molar-refractivity contribution is 5.56. The van der Waals surface area contributed by atoms with Gasteiger partial charge in [-0.15, -0.1) is 10.2 Å². The van der Waals surface area contributed by atoms with Gasteiger partial charge in [0.05, 0.1) is 7.11 Å². The highest BCUT2D eigenvalue weighted by atomic mass is 16.5. The molecule has 0 amide bonds. The fraction of sp³-hybridized carbons (Fsp3) is 0.429. The van der Waals surface area contributed by atoms with E-state index < -0.39 is 0 Å². The molecule has 7 heteroatoms. The minimum absolute atomic E-state index is 0.464. The van der Waals surface area contributed by atoms with Crippen LogP contribution in [0.4, 0.5) is 5.82 Å². The molecular formula is C14H18N6O. The van der Waals surface area contributed by atoms with E-state index in [-0.39, 0.29) is 0 Å². The first kappa shape index (κ1) is 13.7. The number of rotatable bonds is 3. The molecule has 0 bridgehead atoms. The zero-order chi connectivity index (χ0) is 14.7. The molecule has 110 valence electrons. The molecule has 21 heavy (non-hydrogen) atoms. The Kier molecular flexibility index (Phi) is 3.92. The SMILES string of the molecule is COc1ccc(-c2nc3c(c(NN)n2)CCCCC3)nn1. The number of anilines is 1. The smallest absolute Gasteiger partial charge is 0.233 e. The lowest BCUT2D eigenvalue weighted by atomic mass is 10.1. The maximum Gasteiger partial charge on any atom is 0.233 e. The second-order valence-electron chi connectivity index (χ2n) is 4.99. The topological polar surface area (TPSA) is 98.8 Å². The van der Waals surface area contributed by atoms with Gasteiger partial charge in [-0.05, 0) is 31.7 Å². The normalized spacial score (nSPS) is 14.2. The average Bonchev–Trinajstić information content (AvgIpc) is 2.79. The maximum atomic E-state index is 5.62. The zero-order valence-electron chi connectivity index (χ0n) is 12.0. The molecule has 7 nitrogen and oxygen atoms in total. The fourth-order valence-corrected chi connectivity index (χ4v) is 2.55. The molecule has 0 fully saturated rings. The maximum absolute atomic E-state index is 5.62. The number of aryl methyl sites for hydroxylation is 1. The van der Waals surface area contributed by atoms with Crippen molar-refractivity contribution < 1.29 is 4.74 Å². The molecule has 0 aliphatic heterocycles. The van der Waals surface area contributed by atoms with Crippen molar-refractivity contribution in [1.29, 1.82) is 0 Å². The van der Waals surface area contributed by atoms with Gasteiger partial charge in [0.15, 0.2) is 5.82 Å². The number of hydrazine groups is 1. The first-order valence-electron chi connectivity index (χ1n) is 7.06. The van der Waals surface area contributed by atoms with Crippen LogP contribution in [-0.4, -0.2) is 27.3 Å². The third-order valence-electron chi connectivity index (χ3n) is 3.65. The molecule has 0 atom stereocenters. The van der Waals surface area contributed by atoms with E-state index in [9.17, 15) is 0 Å². The molecule has 1 aliphatic rings. The molecule has 2 heterocycles. The number of nitrogen functional groups attached to an aromatic ring is 1. The van der Waals surface area contributed by atoms with E-state index in [1.54, 1.807) is 19.2 Å². The molecule has 0 unspecified atom stereocenters. The number of ether oxygens (including phenoxy) is 1. The zero-order valence-corrected chi connectivity index (χ0v) is 12.0. The highest BCUT2D eigenvalue weighted by Gasteiger charge is 2.17. The van der Waals surface area contributed by atoms with Gasteiger partial charge in [-0.2, -0.15) is 0 Å². The van der Waals surface area contributed by atoms with E-state index in [0.717, 1.165) is 36.9 Å². The van der Waals surface area contributed by atoms with Crippen LogP contribution in [0.1, 0.15) is 30.5 Å². The van der Waals surface area contributed by atoms with E-state index in [2.05, 4.69) is 25.6 Å². The van der Waals surface area contributed by atoms with Crippen molar-refractivity contribution in [2.24, 2.45) is 5.84 Å². The van der Waals surface area contributed by atoms with Crippen LogP contribution in [0, 0.1) is 0 Å². The van der Waals surface area contributed by atoms with Gasteiger partial charge >= 0.3 is 0 Å². The Morgan fingerprint density at radius 3 is 2.67 bits per heavy atom. The summed E-state index contributed by atoms with van der Waals surface area (Å²) >= 11 is 0. The van der Waals surface area contributed by atoms with Gasteiger partial charge in [0.25, 0.3) is 0 Å². The first-order valence-corrected chi connectivity index (χ1v) is 7.06. The predicted molar refractivity (Wildman–Crippen MR) is 78.7 cm³/mol. The highest BCUT2D eigenvalue weighted by Crippen LogP contribution is 2.26. The van der Waals surface area contributed by atoms with Gasteiger partial charge in [-0.1, -0.05) is 6.42 Å². The van der Waals surface area contributed by atoms with Crippen molar-refractivity contribution in [2.45, 2.75) is 32.1 Å². The number of nitrogens with one attached hydrogen (secondary N) is 1. The summed E-state index contributed by atoms with van der Waals surface area (Å²) in [6, 6.07) is 3.54. The van der Waals surface area contributed by atoms with E-state index in [4.69, 9.17) is 10.6 Å². The Hall–Kier alpha value is -2.28. The number of hydrogen-bond donors (Lipinski definition) is 2. The van der Waals surface area contributed by atoms with Crippen molar-refractivity contribution in [2.75, 3.05) is 12.5 Å². The predicted octanol–water partition coefficient (Wildman–Crippen LogP) is 1.50. The van der Waals surface area contributed by atoms with Gasteiger partial charge in [-0.25, -0.2) is 15.8 Å². The van der Waals surface area contributed by atoms with Gasteiger partial charge in [0.2, 0.25) is 5.88 Å². The van der Waals surface area contributed by atoms with Gasteiger partial charge in [0.1, 0.15) is 11.5 Å². The number of methoxy groups -OCH3 is 1. The summed E-state index contributed by atoms with van der Waals surface area (Å²) in [6.07, 6.45) is 5.40. The summed E-state index contributed by atoms with van der Waals surface area (Å²) in [5, 5.41) is 8.05. The van der Waals surface area contributed by atoms with Crippen molar-refractivity contribution >= 4 is 5.82 Å². The van der Waals surface area contributed by atoms with E-state index in [1.165, 1.54) is 6.42 Å². The quantitative estimate of drug-likeness (QED) is 0.501. The molecule has 3 rings (SSSR count). The Morgan fingerprint density at radius 1 is 1.10 bits per heavy atom. The van der Waals surface area contributed by atoms with Crippen molar-refractivity contribution in [3.8, 4) is 17.4 Å². The summed E-state index contributed by atoms with van der Waals surface area (Å²) in [5.41, 5.74) is 5.49. The average molecular weight is 286 g/mol. The Bertz CT molecular complexity index is 628. The van der Waals surface area contributed by atoms with E-state index >= 15 is 0 Å². The lowest BCUT2D eigenvalue weighted by Gasteiger charge is -2.12.